The van der Waals surface area contributed by atoms with Gasteiger partial charge < -0.3 is 14.8 Å². The molecule has 0 aliphatic carbocycles. The van der Waals surface area contributed by atoms with Crippen LogP contribution in [0.1, 0.15) is 51.2 Å². The molecular weight excluding hydrogens is 262 g/mol. The predicted octanol–water partition coefficient (Wildman–Crippen LogP) is 3.69. The van der Waals surface area contributed by atoms with E-state index in [-0.39, 0.29) is 5.41 Å². The molecule has 1 heterocycles. The van der Waals surface area contributed by atoms with E-state index in [1.165, 1.54) is 30.4 Å². The number of piperidine rings is 1. The third-order valence-electron chi connectivity index (χ3n) is 4.30. The number of hydrogen-bond acceptors (Lipinski definition) is 3. The summed E-state index contributed by atoms with van der Waals surface area (Å²) >= 11 is 0. The molecule has 1 atom stereocenters. The largest absolute Gasteiger partial charge is 0.493 e. The van der Waals surface area contributed by atoms with Crippen LogP contribution < -0.4 is 14.8 Å². The summed E-state index contributed by atoms with van der Waals surface area (Å²) in [5.74, 6) is 1.73. The second-order valence-electron chi connectivity index (χ2n) is 6.97. The minimum atomic E-state index is 0.105. The zero-order valence-corrected chi connectivity index (χ0v) is 14.1. The fraction of sp³-hybridized carbons (Fsp3) is 0.667. The molecule has 0 radical (unpaired) electrons. The van der Waals surface area contributed by atoms with Crippen molar-refractivity contribution >= 4 is 0 Å². The lowest BCUT2D eigenvalue weighted by Crippen LogP contribution is -2.35. The SMILES string of the molecule is COc1cc(C(C)(C)C)cc(CC2CCCCN2)c1OC. The highest BCUT2D eigenvalue weighted by Crippen LogP contribution is 2.37. The van der Waals surface area contributed by atoms with Gasteiger partial charge in [-0.1, -0.05) is 33.3 Å². The number of nitrogens with one attached hydrogen (secondary N) is 1. The molecule has 0 aromatic heterocycles. The molecule has 0 bridgehead atoms. The second-order valence-corrected chi connectivity index (χ2v) is 6.97. The molecule has 1 fully saturated rings. The molecule has 1 saturated heterocycles. The van der Waals surface area contributed by atoms with Crippen LogP contribution in [0.3, 0.4) is 0 Å². The van der Waals surface area contributed by atoms with Crippen molar-refractivity contribution in [1.29, 1.82) is 0 Å². The first-order valence-electron chi connectivity index (χ1n) is 7.94. The minimum absolute atomic E-state index is 0.105. The number of benzene rings is 1. The Balaban J connectivity index is 2.35. The molecular formula is C18H29NO2. The second kappa shape index (κ2) is 6.69. The predicted molar refractivity (Wildman–Crippen MR) is 87.6 cm³/mol. The fourth-order valence-corrected chi connectivity index (χ4v) is 2.99. The maximum Gasteiger partial charge on any atom is 0.163 e. The summed E-state index contributed by atoms with van der Waals surface area (Å²) in [6, 6.07) is 4.95. The molecule has 3 nitrogen and oxygen atoms in total. The molecule has 0 spiro atoms. The highest BCUT2D eigenvalue weighted by molar-refractivity contribution is 5.51. The Morgan fingerprint density at radius 1 is 1.14 bits per heavy atom. The molecule has 1 aromatic carbocycles. The van der Waals surface area contributed by atoms with Crippen molar-refractivity contribution in [2.75, 3.05) is 20.8 Å². The van der Waals surface area contributed by atoms with Gasteiger partial charge in [-0.25, -0.2) is 0 Å². The number of ether oxygens (including phenoxy) is 2. The molecule has 1 aliphatic rings. The molecule has 0 amide bonds. The van der Waals surface area contributed by atoms with Crippen LogP contribution in [0.2, 0.25) is 0 Å². The van der Waals surface area contributed by atoms with Gasteiger partial charge in [-0.3, -0.25) is 0 Å². The molecule has 1 N–H and O–H groups in total. The first-order valence-corrected chi connectivity index (χ1v) is 7.94. The minimum Gasteiger partial charge on any atom is -0.493 e. The Morgan fingerprint density at radius 2 is 1.90 bits per heavy atom. The van der Waals surface area contributed by atoms with E-state index in [4.69, 9.17) is 9.47 Å². The summed E-state index contributed by atoms with van der Waals surface area (Å²) in [5, 5.41) is 3.62. The zero-order chi connectivity index (χ0) is 15.5. The normalized spacial score (nSPS) is 19.4. The molecule has 118 valence electrons. The fourth-order valence-electron chi connectivity index (χ4n) is 2.99. The number of methoxy groups -OCH3 is 2. The van der Waals surface area contributed by atoms with Crippen molar-refractivity contribution in [3.8, 4) is 11.5 Å². The first-order chi connectivity index (χ1) is 9.95. The molecule has 1 unspecified atom stereocenters. The van der Waals surface area contributed by atoms with E-state index in [0.29, 0.717) is 6.04 Å². The first kappa shape index (κ1) is 16.2. The van der Waals surface area contributed by atoms with E-state index in [0.717, 1.165) is 24.5 Å². The lowest BCUT2D eigenvalue weighted by atomic mass is 9.84. The Hall–Kier alpha value is -1.22. The number of hydrogen-bond donors (Lipinski definition) is 1. The van der Waals surface area contributed by atoms with Gasteiger partial charge in [-0.2, -0.15) is 0 Å². The van der Waals surface area contributed by atoms with Crippen molar-refractivity contribution < 1.29 is 9.47 Å². The molecule has 0 saturated carbocycles. The van der Waals surface area contributed by atoms with Gasteiger partial charge in [0.05, 0.1) is 14.2 Å². The van der Waals surface area contributed by atoms with Crippen molar-refractivity contribution in [2.45, 2.75) is 57.9 Å². The van der Waals surface area contributed by atoms with E-state index >= 15 is 0 Å². The van der Waals surface area contributed by atoms with Gasteiger partial charge in [0.15, 0.2) is 11.5 Å². The molecule has 3 heteroatoms. The average Bonchev–Trinajstić information content (AvgIpc) is 2.46. The lowest BCUT2D eigenvalue weighted by molar-refractivity contribution is 0.344. The summed E-state index contributed by atoms with van der Waals surface area (Å²) < 4.78 is 11.2. The van der Waals surface area contributed by atoms with E-state index in [2.05, 4.69) is 38.2 Å². The number of rotatable bonds is 4. The summed E-state index contributed by atoms with van der Waals surface area (Å²) in [6.45, 7) is 7.83. The van der Waals surface area contributed by atoms with Crippen molar-refractivity contribution in [1.82, 2.24) is 5.32 Å². The van der Waals surface area contributed by atoms with Gasteiger partial charge in [0.2, 0.25) is 0 Å². The summed E-state index contributed by atoms with van der Waals surface area (Å²) in [6.07, 6.45) is 4.85. The molecule has 21 heavy (non-hydrogen) atoms. The molecule has 1 aromatic rings. The highest BCUT2D eigenvalue weighted by Gasteiger charge is 2.22. The van der Waals surface area contributed by atoms with E-state index < -0.39 is 0 Å². The van der Waals surface area contributed by atoms with Gasteiger partial charge in [-0.05, 0) is 48.4 Å². The van der Waals surface area contributed by atoms with Gasteiger partial charge in [0, 0.05) is 6.04 Å². The smallest absolute Gasteiger partial charge is 0.163 e. The van der Waals surface area contributed by atoms with Crippen molar-refractivity contribution in [3.63, 3.8) is 0 Å². The van der Waals surface area contributed by atoms with Crippen molar-refractivity contribution in [3.05, 3.63) is 23.3 Å². The third kappa shape index (κ3) is 3.91. The van der Waals surface area contributed by atoms with E-state index in [1.807, 2.05) is 0 Å². The Bertz CT molecular complexity index is 471. The average molecular weight is 291 g/mol. The van der Waals surface area contributed by atoms with Crippen LogP contribution in [0.4, 0.5) is 0 Å². The summed E-state index contributed by atoms with van der Waals surface area (Å²) in [4.78, 5) is 0. The van der Waals surface area contributed by atoms with E-state index in [1.54, 1.807) is 14.2 Å². The monoisotopic (exact) mass is 291 g/mol. The van der Waals surface area contributed by atoms with Crippen molar-refractivity contribution in [2.24, 2.45) is 0 Å². The maximum atomic E-state index is 5.62. The third-order valence-corrected chi connectivity index (χ3v) is 4.30. The van der Waals surface area contributed by atoms with Crippen LogP contribution in [0, 0.1) is 0 Å². The molecule has 1 aliphatic heterocycles. The summed E-state index contributed by atoms with van der Waals surface area (Å²) in [7, 11) is 3.44. The Morgan fingerprint density at radius 3 is 2.43 bits per heavy atom. The van der Waals surface area contributed by atoms with Gasteiger partial charge >= 0.3 is 0 Å². The van der Waals surface area contributed by atoms with Crippen LogP contribution >= 0.6 is 0 Å². The lowest BCUT2D eigenvalue weighted by Gasteiger charge is -2.27. The van der Waals surface area contributed by atoms with Crippen LogP contribution in [-0.4, -0.2) is 26.8 Å². The zero-order valence-electron chi connectivity index (χ0n) is 14.1. The van der Waals surface area contributed by atoms with Crippen LogP contribution in [0.15, 0.2) is 12.1 Å². The Labute approximate surface area is 129 Å². The van der Waals surface area contributed by atoms with Gasteiger partial charge in [-0.15, -0.1) is 0 Å². The molecule has 2 rings (SSSR count). The van der Waals surface area contributed by atoms with Crippen LogP contribution in [0.25, 0.3) is 0 Å². The Kier molecular flexibility index (Phi) is 5.15. The van der Waals surface area contributed by atoms with Gasteiger partial charge in [0.25, 0.3) is 0 Å². The topological polar surface area (TPSA) is 30.5 Å². The highest BCUT2D eigenvalue weighted by atomic mass is 16.5. The van der Waals surface area contributed by atoms with Gasteiger partial charge in [0.1, 0.15) is 0 Å². The standard InChI is InChI=1S/C18H29NO2/c1-18(2,3)14-10-13(11-15-8-6-7-9-19-15)17(21-5)16(12-14)20-4/h10,12,15,19H,6-9,11H2,1-5H3. The van der Waals surface area contributed by atoms with E-state index in [9.17, 15) is 0 Å². The maximum absolute atomic E-state index is 5.62. The summed E-state index contributed by atoms with van der Waals surface area (Å²) in [5.41, 5.74) is 2.65. The quantitative estimate of drug-likeness (QED) is 0.918. The van der Waals surface area contributed by atoms with Crippen LogP contribution in [0.5, 0.6) is 11.5 Å². The van der Waals surface area contributed by atoms with Crippen LogP contribution in [-0.2, 0) is 11.8 Å².